The number of aromatic nitrogens is 2. The fraction of sp³-hybridized carbons (Fsp3) is 0.688. The maximum Gasteiger partial charge on any atom is 0.230 e. The lowest BCUT2D eigenvalue weighted by Crippen LogP contribution is -2.52. The molecule has 120 valence electrons. The Morgan fingerprint density at radius 3 is 2.86 bits per heavy atom. The Morgan fingerprint density at radius 1 is 1.32 bits per heavy atom. The Balaban J connectivity index is 1.79. The predicted octanol–water partition coefficient (Wildman–Crippen LogP) is 1.71. The summed E-state index contributed by atoms with van der Waals surface area (Å²) in [5.74, 6) is 1.52. The third-order valence-electron chi connectivity index (χ3n) is 4.86. The molecule has 0 unspecified atom stereocenters. The second kappa shape index (κ2) is 5.74. The van der Waals surface area contributed by atoms with E-state index in [1.165, 1.54) is 0 Å². The number of amides is 1. The summed E-state index contributed by atoms with van der Waals surface area (Å²) in [6.07, 6.45) is 4.64. The highest BCUT2D eigenvalue weighted by Crippen LogP contribution is 2.41. The van der Waals surface area contributed by atoms with E-state index in [4.69, 9.17) is 4.74 Å². The van der Waals surface area contributed by atoms with Gasteiger partial charge in [-0.3, -0.25) is 4.79 Å². The van der Waals surface area contributed by atoms with E-state index in [9.17, 15) is 4.79 Å². The van der Waals surface area contributed by atoms with E-state index in [0.29, 0.717) is 24.3 Å². The molecule has 2 aliphatic heterocycles. The molecule has 2 aliphatic rings. The molecule has 0 radical (unpaired) electrons. The lowest BCUT2D eigenvalue weighted by molar-refractivity contribution is -0.147. The summed E-state index contributed by atoms with van der Waals surface area (Å²) in [6.45, 7) is 6.60. The first-order chi connectivity index (χ1) is 10.6. The minimum absolute atomic E-state index is 0.255. The summed E-state index contributed by atoms with van der Waals surface area (Å²) in [6, 6.07) is 2.01. The highest BCUT2D eigenvalue weighted by atomic mass is 16.5. The number of likely N-dealkylation sites (tertiary alicyclic amines) is 1. The van der Waals surface area contributed by atoms with Crippen LogP contribution in [-0.4, -0.2) is 53.6 Å². The van der Waals surface area contributed by atoms with Crippen LogP contribution in [0, 0.1) is 5.41 Å². The zero-order valence-electron chi connectivity index (χ0n) is 13.6. The highest BCUT2D eigenvalue weighted by molar-refractivity contribution is 5.85. The molecule has 2 fully saturated rings. The molecule has 22 heavy (non-hydrogen) atoms. The number of hydrogen-bond acceptors (Lipinski definition) is 5. The second-order valence-electron chi connectivity index (χ2n) is 6.55. The summed E-state index contributed by atoms with van der Waals surface area (Å²) in [7, 11) is 1.60. The zero-order valence-corrected chi connectivity index (χ0v) is 13.6. The molecule has 0 aromatic carbocycles. The van der Waals surface area contributed by atoms with E-state index < -0.39 is 0 Å². The zero-order chi connectivity index (χ0) is 15.7. The van der Waals surface area contributed by atoms with Crippen molar-refractivity contribution in [3.8, 4) is 5.88 Å². The molecule has 3 rings (SSSR count). The van der Waals surface area contributed by atoms with Gasteiger partial charge in [-0.15, -0.1) is 0 Å². The van der Waals surface area contributed by atoms with Crippen LogP contribution in [-0.2, 0) is 4.79 Å². The first-order valence-electron chi connectivity index (χ1n) is 7.99. The number of rotatable bonds is 3. The minimum Gasteiger partial charge on any atom is -0.481 e. The van der Waals surface area contributed by atoms with Crippen LogP contribution in [0.3, 0.4) is 0 Å². The molecule has 0 N–H and O–H groups in total. The number of hydrogen-bond donors (Lipinski definition) is 0. The van der Waals surface area contributed by atoms with Gasteiger partial charge in [0.15, 0.2) is 0 Å². The number of piperidine rings is 1. The van der Waals surface area contributed by atoms with Crippen molar-refractivity contribution in [1.29, 1.82) is 0 Å². The summed E-state index contributed by atoms with van der Waals surface area (Å²) >= 11 is 0. The van der Waals surface area contributed by atoms with E-state index in [1.807, 2.05) is 4.90 Å². The average Bonchev–Trinajstić information content (AvgIpc) is 2.95. The first kappa shape index (κ1) is 15.1. The number of carbonyl (C=O) groups excluding carboxylic acids is 1. The van der Waals surface area contributed by atoms with Gasteiger partial charge in [0, 0.05) is 37.9 Å². The van der Waals surface area contributed by atoms with Crippen molar-refractivity contribution in [3.05, 3.63) is 12.3 Å². The van der Waals surface area contributed by atoms with Gasteiger partial charge >= 0.3 is 0 Å². The number of carbonyl (C=O) groups is 1. The number of nitrogens with zero attached hydrogens (tertiary/aromatic N) is 4. The van der Waals surface area contributed by atoms with Gasteiger partial charge in [0.2, 0.25) is 17.7 Å². The van der Waals surface area contributed by atoms with Gasteiger partial charge < -0.3 is 14.5 Å². The molecule has 1 aromatic heterocycles. The Labute approximate surface area is 131 Å². The Kier molecular flexibility index (Phi) is 3.93. The smallest absolute Gasteiger partial charge is 0.230 e. The van der Waals surface area contributed by atoms with Crippen LogP contribution >= 0.6 is 0 Å². The topological polar surface area (TPSA) is 58.6 Å². The van der Waals surface area contributed by atoms with Gasteiger partial charge in [-0.1, -0.05) is 0 Å². The van der Waals surface area contributed by atoms with Crippen LogP contribution in [0.15, 0.2) is 12.3 Å². The van der Waals surface area contributed by atoms with Gasteiger partial charge in [-0.05, 0) is 33.1 Å². The van der Waals surface area contributed by atoms with Crippen LogP contribution in [0.1, 0.15) is 33.1 Å². The van der Waals surface area contributed by atoms with Gasteiger partial charge in [0.1, 0.15) is 0 Å². The normalized spacial score (nSPS) is 25.4. The molecule has 1 aromatic rings. The van der Waals surface area contributed by atoms with E-state index in [-0.39, 0.29) is 11.5 Å². The van der Waals surface area contributed by atoms with Gasteiger partial charge in [-0.25, -0.2) is 4.98 Å². The molecule has 2 saturated heterocycles. The SMILES string of the molecule is COc1ccnc(N2CC[C@]3(CCCN(C(C)C)C3=O)C2)n1. The monoisotopic (exact) mass is 304 g/mol. The van der Waals surface area contributed by atoms with E-state index in [1.54, 1.807) is 19.4 Å². The van der Waals surface area contributed by atoms with Gasteiger partial charge in [0.05, 0.1) is 12.5 Å². The Hall–Kier alpha value is -1.85. The fourth-order valence-electron chi connectivity index (χ4n) is 3.61. The van der Waals surface area contributed by atoms with E-state index >= 15 is 0 Å². The average molecular weight is 304 g/mol. The third kappa shape index (κ3) is 2.51. The molecule has 6 heteroatoms. The summed E-state index contributed by atoms with van der Waals surface area (Å²) in [4.78, 5) is 25.8. The summed E-state index contributed by atoms with van der Waals surface area (Å²) in [5.41, 5.74) is -0.255. The maximum absolute atomic E-state index is 12.9. The van der Waals surface area contributed by atoms with E-state index in [0.717, 1.165) is 32.4 Å². The summed E-state index contributed by atoms with van der Waals surface area (Å²) in [5, 5.41) is 0. The van der Waals surface area contributed by atoms with Gasteiger partial charge in [0.25, 0.3) is 0 Å². The van der Waals surface area contributed by atoms with Gasteiger partial charge in [-0.2, -0.15) is 4.98 Å². The van der Waals surface area contributed by atoms with Crippen molar-refractivity contribution in [3.63, 3.8) is 0 Å². The van der Waals surface area contributed by atoms with Crippen molar-refractivity contribution in [1.82, 2.24) is 14.9 Å². The molecule has 0 saturated carbocycles. The second-order valence-corrected chi connectivity index (χ2v) is 6.55. The number of ether oxygens (including phenoxy) is 1. The molecule has 1 atom stereocenters. The maximum atomic E-state index is 12.9. The highest BCUT2D eigenvalue weighted by Gasteiger charge is 2.49. The first-order valence-corrected chi connectivity index (χ1v) is 7.99. The molecule has 0 aliphatic carbocycles. The van der Waals surface area contributed by atoms with Crippen LogP contribution in [0.2, 0.25) is 0 Å². The Morgan fingerprint density at radius 2 is 2.14 bits per heavy atom. The molecular formula is C16H24N4O2. The predicted molar refractivity (Wildman–Crippen MR) is 83.9 cm³/mol. The van der Waals surface area contributed by atoms with Crippen molar-refractivity contribution in [2.75, 3.05) is 31.6 Å². The standard InChI is InChI=1S/C16H24N4O2/c1-12(2)20-9-4-6-16(14(20)21)7-10-19(11-16)15-17-8-5-13(18-15)22-3/h5,8,12H,4,6-7,9-11H2,1-3H3/t16-/m1/s1. The molecule has 6 nitrogen and oxygen atoms in total. The lowest BCUT2D eigenvalue weighted by atomic mass is 9.78. The van der Waals surface area contributed by atoms with Crippen molar-refractivity contribution in [2.24, 2.45) is 5.41 Å². The van der Waals surface area contributed by atoms with Crippen molar-refractivity contribution >= 4 is 11.9 Å². The molecular weight excluding hydrogens is 280 g/mol. The largest absolute Gasteiger partial charge is 0.481 e. The van der Waals surface area contributed by atoms with Crippen molar-refractivity contribution in [2.45, 2.75) is 39.2 Å². The van der Waals surface area contributed by atoms with Crippen LogP contribution in [0.25, 0.3) is 0 Å². The lowest BCUT2D eigenvalue weighted by Gasteiger charge is -2.41. The number of anilines is 1. The number of methoxy groups -OCH3 is 1. The minimum atomic E-state index is -0.255. The molecule has 3 heterocycles. The van der Waals surface area contributed by atoms with E-state index in [2.05, 4.69) is 28.7 Å². The fourth-order valence-corrected chi connectivity index (χ4v) is 3.61. The molecule has 1 amide bonds. The molecule has 1 spiro atoms. The van der Waals surface area contributed by atoms with Crippen LogP contribution < -0.4 is 9.64 Å². The summed E-state index contributed by atoms with van der Waals surface area (Å²) < 4.78 is 5.17. The Bertz CT molecular complexity index is 563. The van der Waals surface area contributed by atoms with Crippen LogP contribution in [0.4, 0.5) is 5.95 Å². The third-order valence-corrected chi connectivity index (χ3v) is 4.86. The van der Waals surface area contributed by atoms with Crippen molar-refractivity contribution < 1.29 is 9.53 Å². The quantitative estimate of drug-likeness (QED) is 0.851. The molecule has 0 bridgehead atoms. The van der Waals surface area contributed by atoms with Crippen LogP contribution in [0.5, 0.6) is 5.88 Å².